The van der Waals surface area contributed by atoms with Gasteiger partial charge in [-0.25, -0.2) is 0 Å². The van der Waals surface area contributed by atoms with Gasteiger partial charge in [-0.05, 0) is 88.7 Å². The summed E-state index contributed by atoms with van der Waals surface area (Å²) in [5.74, 6) is -3.56. The van der Waals surface area contributed by atoms with Crippen molar-refractivity contribution < 1.29 is 64.0 Å². The first-order valence-electron chi connectivity index (χ1n) is 17.9. The third kappa shape index (κ3) is 6.00. The van der Waals surface area contributed by atoms with Crippen molar-refractivity contribution in [2.75, 3.05) is 6.61 Å². The van der Waals surface area contributed by atoms with Crippen LogP contribution in [0.25, 0.3) is 0 Å². The lowest BCUT2D eigenvalue weighted by molar-refractivity contribution is -0.311. The number of esters is 1. The van der Waals surface area contributed by atoms with Crippen LogP contribution in [-0.2, 0) is 33.4 Å². The molecular weight excluding hydrogens is 664 g/mol. The standard InChI is InChI=1S/C38H56O13/c1-18(40)51-33(2,3)13-12-25(42)38(9,48)30-21(41)15-35(6)24-11-10-19-20(37(24,8)26(43)16-36(30,35)7)14-22(31(47)34(19,4)5)49-32-29(46)28(45)27(44)23(17-39)50-32/h10,12-13,20-24,27-30,32,39,41,44-46,48H,11,14-17H2,1-9H3/b13-12+/t20-,21-,22+,23-,24+,27-,28+,29-,30?,32-,35+,36-,37+,38+/m0/s1. The number of hydrogen-bond donors (Lipinski definition) is 6. The van der Waals surface area contributed by atoms with E-state index in [1.54, 1.807) is 27.7 Å². The molecule has 0 spiro atoms. The number of allylic oxidation sites excluding steroid dienone is 2. The summed E-state index contributed by atoms with van der Waals surface area (Å²) >= 11 is 0. The van der Waals surface area contributed by atoms with Gasteiger partial charge in [0, 0.05) is 30.1 Å². The van der Waals surface area contributed by atoms with E-state index in [0.29, 0.717) is 6.42 Å². The molecule has 0 aromatic rings. The molecule has 5 aliphatic rings. The molecule has 13 nitrogen and oxygen atoms in total. The van der Waals surface area contributed by atoms with Crippen LogP contribution >= 0.6 is 0 Å². The lowest BCUT2D eigenvalue weighted by atomic mass is 9.38. The highest BCUT2D eigenvalue weighted by atomic mass is 16.7. The van der Waals surface area contributed by atoms with E-state index in [4.69, 9.17) is 14.2 Å². The molecule has 0 aromatic heterocycles. The maximum Gasteiger partial charge on any atom is 0.303 e. The maximum atomic E-state index is 14.8. The van der Waals surface area contributed by atoms with Gasteiger partial charge < -0.3 is 44.8 Å². The predicted molar refractivity (Wildman–Crippen MR) is 180 cm³/mol. The van der Waals surface area contributed by atoms with E-state index in [1.165, 1.54) is 19.9 Å². The van der Waals surface area contributed by atoms with E-state index >= 15 is 0 Å². The summed E-state index contributed by atoms with van der Waals surface area (Å²) in [6, 6.07) is 0. The topological polar surface area (TPSA) is 217 Å². The van der Waals surface area contributed by atoms with E-state index in [0.717, 1.165) is 11.6 Å². The zero-order chi connectivity index (χ0) is 38.4. The first-order chi connectivity index (χ1) is 23.3. The Morgan fingerprint density at radius 1 is 1.00 bits per heavy atom. The largest absolute Gasteiger partial charge is 0.456 e. The van der Waals surface area contributed by atoms with Crippen LogP contribution in [0.15, 0.2) is 23.8 Å². The SMILES string of the molecule is CC(=O)OC(C)(C)/C=C/C(=O)[C@@](C)(O)C1[C@@H](O)C[C@]2(C)[C@H]3CC=C4[C@H](C[C@@H](O[C@H]5O[C@@H](CO)[C@H](O)[C@@H](O)[C@@H]5O)C(=O)C4(C)C)[C@@]3(C)C(=O)C[C@@]12C. The van der Waals surface area contributed by atoms with Gasteiger partial charge in [-0.2, -0.15) is 0 Å². The number of Topliss-reactive ketones (excluding diaryl/α,β-unsaturated/α-hetero) is 2. The number of carbonyl (C=O) groups is 4. The number of aliphatic hydroxyl groups is 6. The molecule has 6 N–H and O–H groups in total. The normalized spacial score (nSPS) is 45.0. The Balaban J connectivity index is 1.48. The molecule has 3 saturated carbocycles. The minimum Gasteiger partial charge on any atom is -0.456 e. The van der Waals surface area contributed by atoms with E-state index < -0.39 is 106 Å². The Bertz CT molecular complexity index is 1510. The molecule has 1 heterocycles. The second-order valence-electron chi connectivity index (χ2n) is 17.6. The molecule has 0 aromatic carbocycles. The van der Waals surface area contributed by atoms with E-state index in [1.807, 2.05) is 26.8 Å². The average Bonchev–Trinajstić information content (AvgIpc) is 3.22. The molecule has 1 aliphatic heterocycles. The molecule has 1 unspecified atom stereocenters. The Hall–Kier alpha value is -2.36. The highest BCUT2D eigenvalue weighted by Gasteiger charge is 2.74. The second kappa shape index (κ2) is 12.9. The molecule has 0 bridgehead atoms. The Labute approximate surface area is 299 Å². The van der Waals surface area contributed by atoms with Crippen LogP contribution in [0.3, 0.4) is 0 Å². The monoisotopic (exact) mass is 720 g/mol. The zero-order valence-corrected chi connectivity index (χ0v) is 31.1. The summed E-state index contributed by atoms with van der Waals surface area (Å²) in [6.07, 6.45) is -4.90. The fraction of sp³-hybridized carbons (Fsp3) is 0.789. The highest BCUT2D eigenvalue weighted by molar-refractivity contribution is 5.98. The van der Waals surface area contributed by atoms with Crippen LogP contribution in [0.2, 0.25) is 0 Å². The number of carbonyl (C=O) groups excluding carboxylic acids is 4. The van der Waals surface area contributed by atoms with Gasteiger partial charge in [0.05, 0.1) is 12.7 Å². The van der Waals surface area contributed by atoms with Crippen molar-refractivity contribution in [1.82, 2.24) is 0 Å². The van der Waals surface area contributed by atoms with Crippen LogP contribution < -0.4 is 0 Å². The van der Waals surface area contributed by atoms with Gasteiger partial charge in [-0.1, -0.05) is 32.4 Å². The molecule has 4 fully saturated rings. The minimum absolute atomic E-state index is 0.0549. The smallest absolute Gasteiger partial charge is 0.303 e. The molecule has 286 valence electrons. The molecule has 0 amide bonds. The second-order valence-corrected chi connectivity index (χ2v) is 17.6. The first kappa shape index (κ1) is 39.8. The molecule has 13 heteroatoms. The summed E-state index contributed by atoms with van der Waals surface area (Å²) in [4.78, 5) is 54.0. The number of fused-ring (bicyclic) bond motifs is 5. The van der Waals surface area contributed by atoms with E-state index in [-0.39, 0.29) is 36.7 Å². The summed E-state index contributed by atoms with van der Waals surface area (Å²) < 4.78 is 16.9. The van der Waals surface area contributed by atoms with Gasteiger partial charge in [-0.15, -0.1) is 0 Å². The Kier molecular flexibility index (Phi) is 10.1. The van der Waals surface area contributed by atoms with Crippen molar-refractivity contribution in [3.63, 3.8) is 0 Å². The van der Waals surface area contributed by atoms with Crippen LogP contribution in [0.5, 0.6) is 0 Å². The lowest BCUT2D eigenvalue weighted by Gasteiger charge is -2.64. The maximum absolute atomic E-state index is 14.8. The van der Waals surface area contributed by atoms with Crippen LogP contribution in [-0.4, -0.2) is 115 Å². The first-order valence-corrected chi connectivity index (χ1v) is 17.9. The van der Waals surface area contributed by atoms with Gasteiger partial charge in [0.2, 0.25) is 0 Å². The molecule has 1 saturated heterocycles. The summed E-state index contributed by atoms with van der Waals surface area (Å²) in [7, 11) is 0. The number of ketones is 3. The number of aliphatic hydroxyl groups excluding tert-OH is 5. The van der Waals surface area contributed by atoms with Gasteiger partial charge in [0.15, 0.2) is 17.9 Å². The molecule has 14 atom stereocenters. The molecule has 5 rings (SSSR count). The fourth-order valence-electron chi connectivity index (χ4n) is 10.8. The molecule has 4 aliphatic carbocycles. The van der Waals surface area contributed by atoms with Gasteiger partial charge in [0.25, 0.3) is 0 Å². The average molecular weight is 721 g/mol. The summed E-state index contributed by atoms with van der Waals surface area (Å²) in [5, 5.41) is 64.7. The van der Waals surface area contributed by atoms with Crippen molar-refractivity contribution in [3.05, 3.63) is 23.8 Å². The Morgan fingerprint density at radius 3 is 2.22 bits per heavy atom. The van der Waals surface area contributed by atoms with Crippen LogP contribution in [0.4, 0.5) is 0 Å². The lowest BCUT2D eigenvalue weighted by Crippen LogP contribution is -2.66. The zero-order valence-electron chi connectivity index (χ0n) is 31.1. The van der Waals surface area contributed by atoms with Crippen molar-refractivity contribution >= 4 is 23.3 Å². The minimum atomic E-state index is -2.08. The summed E-state index contributed by atoms with van der Waals surface area (Å²) in [6.45, 7) is 14.4. The van der Waals surface area contributed by atoms with Gasteiger partial charge in [0.1, 0.15) is 47.5 Å². The van der Waals surface area contributed by atoms with Gasteiger partial charge >= 0.3 is 5.97 Å². The van der Waals surface area contributed by atoms with Crippen molar-refractivity contribution in [3.8, 4) is 0 Å². The molecule has 0 radical (unpaired) electrons. The van der Waals surface area contributed by atoms with Gasteiger partial charge in [-0.3, -0.25) is 19.2 Å². The number of hydrogen-bond acceptors (Lipinski definition) is 13. The number of rotatable bonds is 8. The highest BCUT2D eigenvalue weighted by Crippen LogP contribution is 2.74. The van der Waals surface area contributed by atoms with Crippen molar-refractivity contribution in [2.24, 2.45) is 39.4 Å². The third-order valence-electron chi connectivity index (χ3n) is 13.7. The van der Waals surface area contributed by atoms with Crippen LogP contribution in [0.1, 0.15) is 88.0 Å². The fourth-order valence-corrected chi connectivity index (χ4v) is 10.8. The van der Waals surface area contributed by atoms with Crippen molar-refractivity contribution in [1.29, 1.82) is 0 Å². The Morgan fingerprint density at radius 2 is 1.63 bits per heavy atom. The summed E-state index contributed by atoms with van der Waals surface area (Å²) in [5.41, 5.74) is -6.34. The predicted octanol–water partition coefficient (Wildman–Crippen LogP) is 1.32. The van der Waals surface area contributed by atoms with E-state index in [2.05, 4.69) is 0 Å². The number of ether oxygens (including phenoxy) is 3. The quantitative estimate of drug-likeness (QED) is 0.119. The van der Waals surface area contributed by atoms with Crippen LogP contribution in [0, 0.1) is 39.4 Å². The molecule has 51 heavy (non-hydrogen) atoms. The van der Waals surface area contributed by atoms with E-state index in [9.17, 15) is 49.8 Å². The van der Waals surface area contributed by atoms with Crippen molar-refractivity contribution in [2.45, 2.75) is 142 Å². The molecular formula is C38H56O13. The third-order valence-corrected chi connectivity index (χ3v) is 13.7.